The molecule has 112 valence electrons. The van der Waals surface area contributed by atoms with Crippen molar-refractivity contribution in [2.24, 2.45) is 0 Å². The Hall–Kier alpha value is -2.15. The van der Waals surface area contributed by atoms with Crippen molar-refractivity contribution in [2.75, 3.05) is 11.9 Å². The highest BCUT2D eigenvalue weighted by molar-refractivity contribution is 7.11. The van der Waals surface area contributed by atoms with E-state index in [1.807, 2.05) is 13.8 Å². The molecule has 2 rings (SSSR count). The third kappa shape index (κ3) is 3.69. The van der Waals surface area contributed by atoms with E-state index in [9.17, 15) is 10.1 Å². The van der Waals surface area contributed by atoms with Crippen LogP contribution in [0.15, 0.2) is 18.2 Å². The maximum Gasteiger partial charge on any atom is 0.311 e. The summed E-state index contributed by atoms with van der Waals surface area (Å²) in [6, 6.07) is 4.78. The summed E-state index contributed by atoms with van der Waals surface area (Å²) < 4.78 is 5.32. The summed E-state index contributed by atoms with van der Waals surface area (Å²) in [6.45, 7) is 6.77. The second-order valence-electron chi connectivity index (χ2n) is 4.46. The van der Waals surface area contributed by atoms with Crippen molar-refractivity contribution in [2.45, 2.75) is 27.3 Å². The predicted molar refractivity (Wildman–Crippen MR) is 83.2 cm³/mol. The molecule has 1 heterocycles. The Kier molecular flexibility index (Phi) is 4.74. The van der Waals surface area contributed by atoms with Crippen molar-refractivity contribution in [3.63, 3.8) is 0 Å². The van der Waals surface area contributed by atoms with E-state index in [0.717, 1.165) is 16.4 Å². The highest BCUT2D eigenvalue weighted by Crippen LogP contribution is 2.30. The van der Waals surface area contributed by atoms with E-state index in [0.29, 0.717) is 13.2 Å². The number of hydrogen-bond acceptors (Lipinski definition) is 6. The number of aryl methyl sites for hydroxylation is 2. The number of nitro benzene ring substituents is 1. The number of benzene rings is 1. The van der Waals surface area contributed by atoms with Gasteiger partial charge in [0.05, 0.1) is 28.8 Å². The zero-order valence-electron chi connectivity index (χ0n) is 12.2. The van der Waals surface area contributed by atoms with Crippen LogP contribution in [0.1, 0.15) is 22.5 Å². The topological polar surface area (TPSA) is 77.3 Å². The van der Waals surface area contributed by atoms with Gasteiger partial charge in [0, 0.05) is 22.7 Å². The molecule has 0 aliphatic carbocycles. The molecule has 0 bridgehead atoms. The van der Waals surface area contributed by atoms with E-state index in [1.54, 1.807) is 30.4 Å². The first-order valence-corrected chi connectivity index (χ1v) is 7.41. The third-order valence-corrected chi connectivity index (χ3v) is 3.84. The van der Waals surface area contributed by atoms with E-state index in [1.165, 1.54) is 10.9 Å². The van der Waals surface area contributed by atoms with Gasteiger partial charge >= 0.3 is 5.69 Å². The average Bonchev–Trinajstić information content (AvgIpc) is 2.75. The summed E-state index contributed by atoms with van der Waals surface area (Å²) in [7, 11) is 0. The number of hydrogen-bond donors (Lipinski definition) is 1. The van der Waals surface area contributed by atoms with Crippen LogP contribution in [0.3, 0.4) is 0 Å². The molecule has 21 heavy (non-hydrogen) atoms. The van der Waals surface area contributed by atoms with Gasteiger partial charge in [-0.25, -0.2) is 4.98 Å². The zero-order valence-corrected chi connectivity index (χ0v) is 13.0. The van der Waals surface area contributed by atoms with Crippen molar-refractivity contribution < 1.29 is 9.66 Å². The second kappa shape index (κ2) is 6.53. The van der Waals surface area contributed by atoms with Crippen molar-refractivity contribution in [1.29, 1.82) is 0 Å². The largest absolute Gasteiger partial charge is 0.487 e. The van der Waals surface area contributed by atoms with Crippen LogP contribution in [0.5, 0.6) is 5.75 Å². The number of ether oxygens (including phenoxy) is 1. The van der Waals surface area contributed by atoms with Crippen LogP contribution < -0.4 is 10.1 Å². The van der Waals surface area contributed by atoms with Gasteiger partial charge in [-0.15, -0.1) is 11.3 Å². The minimum Gasteiger partial charge on any atom is -0.487 e. The summed E-state index contributed by atoms with van der Waals surface area (Å²) in [6.07, 6.45) is 0. The molecule has 0 unspecified atom stereocenters. The van der Waals surface area contributed by atoms with Crippen molar-refractivity contribution in [3.05, 3.63) is 43.9 Å². The summed E-state index contributed by atoms with van der Waals surface area (Å²) in [5.74, 6) is 0.277. The fourth-order valence-electron chi connectivity index (χ4n) is 1.97. The van der Waals surface area contributed by atoms with Gasteiger partial charge < -0.3 is 10.1 Å². The van der Waals surface area contributed by atoms with Crippen LogP contribution in [-0.2, 0) is 6.54 Å². The predicted octanol–water partition coefficient (Wildman–Crippen LogP) is 3.68. The number of nitrogens with zero attached hydrogens (tertiary/aromatic N) is 2. The zero-order chi connectivity index (χ0) is 15.4. The first-order chi connectivity index (χ1) is 10.0. The van der Waals surface area contributed by atoms with Crippen LogP contribution in [0, 0.1) is 24.0 Å². The highest BCUT2D eigenvalue weighted by Gasteiger charge is 2.15. The van der Waals surface area contributed by atoms with Gasteiger partial charge in [0.25, 0.3) is 0 Å². The average molecular weight is 307 g/mol. The van der Waals surface area contributed by atoms with Crippen LogP contribution in [0.4, 0.5) is 11.4 Å². The number of rotatable bonds is 6. The van der Waals surface area contributed by atoms with Gasteiger partial charge in [0.2, 0.25) is 0 Å². The molecule has 1 aromatic heterocycles. The van der Waals surface area contributed by atoms with E-state index in [-0.39, 0.29) is 11.4 Å². The second-order valence-corrected chi connectivity index (χ2v) is 5.87. The van der Waals surface area contributed by atoms with Crippen LogP contribution in [0.25, 0.3) is 0 Å². The summed E-state index contributed by atoms with van der Waals surface area (Å²) in [4.78, 5) is 16.1. The monoisotopic (exact) mass is 307 g/mol. The Balaban J connectivity index is 2.15. The minimum atomic E-state index is -0.442. The molecule has 0 saturated heterocycles. The lowest BCUT2D eigenvalue weighted by Gasteiger charge is -2.09. The van der Waals surface area contributed by atoms with Crippen molar-refractivity contribution in [3.8, 4) is 5.75 Å². The van der Waals surface area contributed by atoms with Gasteiger partial charge in [-0.2, -0.15) is 0 Å². The molecule has 1 aromatic carbocycles. The lowest BCUT2D eigenvalue weighted by Crippen LogP contribution is -2.03. The van der Waals surface area contributed by atoms with E-state index >= 15 is 0 Å². The Morgan fingerprint density at radius 3 is 2.76 bits per heavy atom. The molecule has 0 saturated carbocycles. The van der Waals surface area contributed by atoms with Crippen LogP contribution in [0.2, 0.25) is 0 Å². The van der Waals surface area contributed by atoms with Crippen molar-refractivity contribution >= 4 is 22.7 Å². The SMILES string of the molecule is CCOc1cc(NCc2nc(C)sc2C)ccc1[N+](=O)[O-]. The summed E-state index contributed by atoms with van der Waals surface area (Å²) in [5.41, 5.74) is 1.74. The lowest BCUT2D eigenvalue weighted by molar-refractivity contribution is -0.385. The van der Waals surface area contributed by atoms with E-state index in [2.05, 4.69) is 10.3 Å². The minimum absolute atomic E-state index is 0.0249. The molecule has 2 aromatic rings. The van der Waals surface area contributed by atoms with Gasteiger partial charge in [-0.3, -0.25) is 10.1 Å². The molecule has 0 fully saturated rings. The molecular formula is C14H17N3O3S. The molecule has 0 atom stereocenters. The molecule has 0 spiro atoms. The Morgan fingerprint density at radius 2 is 2.19 bits per heavy atom. The number of nitro groups is 1. The normalized spacial score (nSPS) is 10.4. The standard InChI is InChI=1S/C14H17N3O3S/c1-4-20-14-7-11(5-6-13(14)17(18)19)15-8-12-9(2)21-10(3)16-12/h5-7,15H,4,8H2,1-3H3. The Morgan fingerprint density at radius 1 is 1.43 bits per heavy atom. The molecular weight excluding hydrogens is 290 g/mol. The Bertz CT molecular complexity index is 655. The summed E-state index contributed by atoms with van der Waals surface area (Å²) >= 11 is 1.66. The first-order valence-electron chi connectivity index (χ1n) is 6.59. The van der Waals surface area contributed by atoms with E-state index in [4.69, 9.17) is 4.74 Å². The van der Waals surface area contributed by atoms with Gasteiger partial charge in [-0.1, -0.05) is 0 Å². The molecule has 0 radical (unpaired) electrons. The number of thiazole rings is 1. The van der Waals surface area contributed by atoms with Gasteiger partial charge in [0.1, 0.15) is 0 Å². The molecule has 6 nitrogen and oxygen atoms in total. The van der Waals surface area contributed by atoms with Crippen LogP contribution in [-0.4, -0.2) is 16.5 Å². The first kappa shape index (κ1) is 15.2. The maximum absolute atomic E-state index is 10.9. The van der Waals surface area contributed by atoms with E-state index < -0.39 is 4.92 Å². The summed E-state index contributed by atoms with van der Waals surface area (Å²) in [5, 5.41) is 15.2. The highest BCUT2D eigenvalue weighted by atomic mass is 32.1. The molecule has 1 N–H and O–H groups in total. The molecule has 7 heteroatoms. The van der Waals surface area contributed by atoms with Gasteiger partial charge in [-0.05, 0) is 26.8 Å². The quantitative estimate of drug-likeness (QED) is 0.650. The fraction of sp³-hybridized carbons (Fsp3) is 0.357. The number of aromatic nitrogens is 1. The Labute approximate surface area is 126 Å². The molecule has 0 aliphatic heterocycles. The maximum atomic E-state index is 10.9. The third-order valence-electron chi connectivity index (χ3n) is 2.92. The van der Waals surface area contributed by atoms with Crippen LogP contribution >= 0.6 is 11.3 Å². The van der Waals surface area contributed by atoms with Crippen molar-refractivity contribution in [1.82, 2.24) is 4.98 Å². The smallest absolute Gasteiger partial charge is 0.311 e. The molecule has 0 amide bonds. The molecule has 0 aliphatic rings. The lowest BCUT2D eigenvalue weighted by atomic mass is 10.2. The number of anilines is 1. The number of nitrogens with one attached hydrogen (secondary N) is 1. The van der Waals surface area contributed by atoms with Gasteiger partial charge in [0.15, 0.2) is 5.75 Å². The fourth-order valence-corrected chi connectivity index (χ4v) is 2.80.